The van der Waals surface area contributed by atoms with Gasteiger partial charge in [-0.05, 0) is 20.8 Å². The fourth-order valence-corrected chi connectivity index (χ4v) is 2.11. The Labute approximate surface area is 102 Å². The highest BCUT2D eigenvalue weighted by Gasteiger charge is 2.35. The minimum Gasteiger partial charge on any atom is -0.335 e. The van der Waals surface area contributed by atoms with Crippen LogP contribution in [0.5, 0.6) is 0 Å². The lowest BCUT2D eigenvalue weighted by atomic mass is 10.0. The lowest BCUT2D eigenvalue weighted by Crippen LogP contribution is -2.60. The first-order valence-electron chi connectivity index (χ1n) is 6.08. The van der Waals surface area contributed by atoms with Crippen molar-refractivity contribution in [2.45, 2.75) is 39.4 Å². The summed E-state index contributed by atoms with van der Waals surface area (Å²) in [6.07, 6.45) is 3.84. The molecule has 1 N–H and O–H groups in total. The maximum atomic E-state index is 12.2. The Kier molecular flexibility index (Phi) is 3.19. The number of rotatable bonds is 3. The zero-order valence-corrected chi connectivity index (χ0v) is 10.7. The summed E-state index contributed by atoms with van der Waals surface area (Å²) in [4.78, 5) is 14.1. The number of hydrogen-bond acceptors (Lipinski definition) is 3. The third-order valence-electron chi connectivity index (χ3n) is 3.15. The van der Waals surface area contributed by atoms with E-state index in [4.69, 9.17) is 0 Å². The molecule has 5 nitrogen and oxygen atoms in total. The number of aromatic nitrogens is 2. The normalized spacial score (nSPS) is 19.7. The van der Waals surface area contributed by atoms with Crippen LogP contribution < -0.4 is 5.32 Å². The first-order valence-corrected chi connectivity index (χ1v) is 6.08. The van der Waals surface area contributed by atoms with Crippen molar-refractivity contribution in [3.63, 3.8) is 0 Å². The molecule has 1 fully saturated rings. The van der Waals surface area contributed by atoms with Gasteiger partial charge in [-0.3, -0.25) is 9.48 Å². The number of aryl methyl sites for hydroxylation is 1. The summed E-state index contributed by atoms with van der Waals surface area (Å²) in [7, 11) is 0. The summed E-state index contributed by atoms with van der Waals surface area (Å²) >= 11 is 0. The summed E-state index contributed by atoms with van der Waals surface area (Å²) in [6, 6.07) is 0. The van der Waals surface area contributed by atoms with Gasteiger partial charge in [-0.1, -0.05) is 0 Å². The second kappa shape index (κ2) is 4.49. The van der Waals surface area contributed by atoms with Gasteiger partial charge in [-0.25, -0.2) is 0 Å². The third kappa shape index (κ3) is 2.49. The van der Waals surface area contributed by atoms with Crippen molar-refractivity contribution in [2.75, 3.05) is 13.1 Å². The van der Waals surface area contributed by atoms with E-state index in [2.05, 4.69) is 17.3 Å². The van der Waals surface area contributed by atoms with Crippen LogP contribution in [-0.2, 0) is 17.9 Å². The largest absolute Gasteiger partial charge is 0.335 e. The number of amides is 1. The Morgan fingerprint density at radius 2 is 2.29 bits per heavy atom. The molecule has 1 aliphatic rings. The first-order chi connectivity index (χ1) is 8.03. The average Bonchev–Trinajstić information content (AvgIpc) is 2.72. The molecule has 1 saturated heterocycles. The van der Waals surface area contributed by atoms with E-state index >= 15 is 0 Å². The molecule has 1 aromatic heterocycles. The minimum absolute atomic E-state index is 0.160. The molecule has 0 atom stereocenters. The Morgan fingerprint density at radius 1 is 1.53 bits per heavy atom. The van der Waals surface area contributed by atoms with E-state index in [0.29, 0.717) is 6.54 Å². The fraction of sp³-hybridized carbons (Fsp3) is 0.667. The smallest absolute Gasteiger partial charge is 0.242 e. The zero-order valence-electron chi connectivity index (χ0n) is 10.7. The lowest BCUT2D eigenvalue weighted by molar-refractivity contribution is -0.140. The number of nitrogens with one attached hydrogen (secondary N) is 1. The van der Waals surface area contributed by atoms with E-state index < -0.39 is 5.54 Å². The van der Waals surface area contributed by atoms with E-state index in [0.717, 1.165) is 25.2 Å². The van der Waals surface area contributed by atoms with Crippen LogP contribution in [0.4, 0.5) is 0 Å². The zero-order chi connectivity index (χ0) is 12.5. The van der Waals surface area contributed by atoms with Gasteiger partial charge in [0.15, 0.2) is 0 Å². The molecule has 17 heavy (non-hydrogen) atoms. The van der Waals surface area contributed by atoms with Gasteiger partial charge in [-0.2, -0.15) is 5.10 Å². The number of piperazine rings is 1. The number of carbonyl (C=O) groups excluding carboxylic acids is 1. The molecule has 1 amide bonds. The van der Waals surface area contributed by atoms with E-state index in [-0.39, 0.29) is 5.91 Å². The summed E-state index contributed by atoms with van der Waals surface area (Å²) in [5.41, 5.74) is 0.650. The van der Waals surface area contributed by atoms with Crippen molar-refractivity contribution < 1.29 is 4.79 Å². The summed E-state index contributed by atoms with van der Waals surface area (Å²) in [5.74, 6) is 0.160. The number of hydrogen-bond donors (Lipinski definition) is 1. The molecule has 0 aromatic carbocycles. The molecular formula is C12H20N4O. The van der Waals surface area contributed by atoms with Gasteiger partial charge in [0.2, 0.25) is 5.91 Å². The predicted molar refractivity (Wildman–Crippen MR) is 65.4 cm³/mol. The molecule has 94 valence electrons. The van der Waals surface area contributed by atoms with Crippen LogP contribution in [0.1, 0.15) is 26.3 Å². The average molecular weight is 236 g/mol. The van der Waals surface area contributed by atoms with Crippen LogP contribution in [0.3, 0.4) is 0 Å². The molecule has 1 aromatic rings. The van der Waals surface area contributed by atoms with Gasteiger partial charge in [0, 0.05) is 37.9 Å². The molecule has 0 unspecified atom stereocenters. The number of nitrogens with zero attached hydrogens (tertiary/aromatic N) is 3. The first kappa shape index (κ1) is 12.1. The Bertz CT molecular complexity index is 410. The van der Waals surface area contributed by atoms with Crippen LogP contribution >= 0.6 is 0 Å². The van der Waals surface area contributed by atoms with Gasteiger partial charge in [0.1, 0.15) is 0 Å². The Balaban J connectivity index is 2.05. The van der Waals surface area contributed by atoms with E-state index in [1.54, 1.807) is 0 Å². The monoisotopic (exact) mass is 236 g/mol. The van der Waals surface area contributed by atoms with E-state index in [1.807, 2.05) is 35.8 Å². The van der Waals surface area contributed by atoms with Crippen LogP contribution in [0.2, 0.25) is 0 Å². The van der Waals surface area contributed by atoms with Gasteiger partial charge < -0.3 is 10.2 Å². The maximum Gasteiger partial charge on any atom is 0.242 e. The fourth-order valence-electron chi connectivity index (χ4n) is 2.11. The molecule has 0 aliphatic carbocycles. The van der Waals surface area contributed by atoms with E-state index in [1.165, 1.54) is 0 Å². The SMILES string of the molecule is CCn1cc(CN2CCNC(C)(C)C2=O)cn1. The minimum atomic E-state index is -0.445. The van der Waals surface area contributed by atoms with Crippen molar-refractivity contribution in [1.29, 1.82) is 0 Å². The highest BCUT2D eigenvalue weighted by Crippen LogP contribution is 2.15. The molecule has 1 aliphatic heterocycles. The van der Waals surface area contributed by atoms with Gasteiger partial charge >= 0.3 is 0 Å². The van der Waals surface area contributed by atoms with E-state index in [9.17, 15) is 4.79 Å². The van der Waals surface area contributed by atoms with Crippen molar-refractivity contribution in [3.05, 3.63) is 18.0 Å². The third-order valence-corrected chi connectivity index (χ3v) is 3.15. The summed E-state index contributed by atoms with van der Waals surface area (Å²) < 4.78 is 1.88. The standard InChI is InChI=1S/C12H20N4O/c1-4-16-9-10(7-14-16)8-15-6-5-13-12(2,3)11(15)17/h7,9,13H,4-6,8H2,1-3H3. The molecule has 0 bridgehead atoms. The van der Waals surface area contributed by atoms with Crippen molar-refractivity contribution in [2.24, 2.45) is 0 Å². The van der Waals surface area contributed by atoms with Crippen LogP contribution in [0, 0.1) is 0 Å². The summed E-state index contributed by atoms with van der Waals surface area (Å²) in [6.45, 7) is 9.04. The topological polar surface area (TPSA) is 50.2 Å². The van der Waals surface area contributed by atoms with Crippen LogP contribution in [-0.4, -0.2) is 39.2 Å². The van der Waals surface area contributed by atoms with Gasteiger partial charge in [0.25, 0.3) is 0 Å². The van der Waals surface area contributed by atoms with Crippen LogP contribution in [0.25, 0.3) is 0 Å². The second-order valence-corrected chi connectivity index (χ2v) is 4.98. The highest BCUT2D eigenvalue weighted by molar-refractivity contribution is 5.86. The molecule has 2 rings (SSSR count). The Morgan fingerprint density at radius 3 is 2.94 bits per heavy atom. The second-order valence-electron chi connectivity index (χ2n) is 4.98. The van der Waals surface area contributed by atoms with Crippen molar-refractivity contribution in [3.8, 4) is 0 Å². The Hall–Kier alpha value is -1.36. The highest BCUT2D eigenvalue weighted by atomic mass is 16.2. The lowest BCUT2D eigenvalue weighted by Gasteiger charge is -2.37. The van der Waals surface area contributed by atoms with Gasteiger partial charge in [0.05, 0.1) is 11.7 Å². The number of carbonyl (C=O) groups is 1. The molecule has 2 heterocycles. The maximum absolute atomic E-state index is 12.2. The van der Waals surface area contributed by atoms with Crippen LogP contribution in [0.15, 0.2) is 12.4 Å². The predicted octanol–water partition coefficient (Wildman–Crippen LogP) is 0.613. The van der Waals surface area contributed by atoms with Crippen molar-refractivity contribution >= 4 is 5.91 Å². The molecule has 0 spiro atoms. The van der Waals surface area contributed by atoms with Gasteiger partial charge in [-0.15, -0.1) is 0 Å². The summed E-state index contributed by atoms with van der Waals surface area (Å²) in [5, 5.41) is 7.45. The molecular weight excluding hydrogens is 216 g/mol. The van der Waals surface area contributed by atoms with Crippen molar-refractivity contribution in [1.82, 2.24) is 20.0 Å². The molecule has 5 heteroatoms. The quantitative estimate of drug-likeness (QED) is 0.836. The molecule has 0 saturated carbocycles. The molecule has 0 radical (unpaired) electrons.